The van der Waals surface area contributed by atoms with Crippen LogP contribution in [0.3, 0.4) is 0 Å². The number of carbonyl (C=O) groups excluding carboxylic acids is 1. The molecule has 0 heterocycles. The van der Waals surface area contributed by atoms with E-state index in [0.717, 1.165) is 0 Å². The van der Waals surface area contributed by atoms with Gasteiger partial charge in [-0.15, -0.1) is 0 Å². The van der Waals surface area contributed by atoms with E-state index in [9.17, 15) is 9.18 Å². The average Bonchev–Trinajstić information content (AvgIpc) is 2.45. The first-order chi connectivity index (χ1) is 9.81. The van der Waals surface area contributed by atoms with E-state index in [1.165, 1.54) is 26.4 Å². The number of amides is 1. The quantitative estimate of drug-likeness (QED) is 0.842. The van der Waals surface area contributed by atoms with Gasteiger partial charge in [-0.2, -0.15) is 0 Å². The van der Waals surface area contributed by atoms with Gasteiger partial charge >= 0.3 is 0 Å². The molecule has 0 bridgehead atoms. The molecular formula is C15H23FN2O3. The third-order valence-corrected chi connectivity index (χ3v) is 3.53. The van der Waals surface area contributed by atoms with Crippen molar-refractivity contribution in [3.8, 4) is 11.5 Å². The van der Waals surface area contributed by atoms with Gasteiger partial charge in [0.1, 0.15) is 5.82 Å². The van der Waals surface area contributed by atoms with Gasteiger partial charge < -0.3 is 20.5 Å². The van der Waals surface area contributed by atoms with Crippen LogP contribution in [0.4, 0.5) is 4.39 Å². The molecule has 6 heteroatoms. The van der Waals surface area contributed by atoms with Gasteiger partial charge in [0.05, 0.1) is 20.3 Å². The highest BCUT2D eigenvalue weighted by molar-refractivity contribution is 5.79. The van der Waals surface area contributed by atoms with Crippen molar-refractivity contribution in [3.05, 3.63) is 23.5 Å². The summed E-state index contributed by atoms with van der Waals surface area (Å²) in [7, 11) is 2.91. The van der Waals surface area contributed by atoms with Crippen LogP contribution in [0.5, 0.6) is 11.5 Å². The Bertz CT molecular complexity index is 506. The number of rotatable bonds is 6. The number of carbonyl (C=O) groups is 1. The summed E-state index contributed by atoms with van der Waals surface area (Å²) >= 11 is 0. The highest BCUT2D eigenvalue weighted by Crippen LogP contribution is 2.32. The monoisotopic (exact) mass is 298 g/mol. The number of methoxy groups -OCH3 is 2. The lowest BCUT2D eigenvalue weighted by Gasteiger charge is -2.21. The molecule has 0 aliphatic carbocycles. The molecule has 0 aliphatic heterocycles. The molecule has 0 aliphatic rings. The minimum Gasteiger partial charge on any atom is -0.493 e. The highest BCUT2D eigenvalue weighted by Gasteiger charge is 2.22. The van der Waals surface area contributed by atoms with Crippen molar-refractivity contribution < 1.29 is 18.7 Å². The van der Waals surface area contributed by atoms with E-state index >= 15 is 0 Å². The summed E-state index contributed by atoms with van der Waals surface area (Å²) in [6, 6.07) is 1.99. The van der Waals surface area contributed by atoms with Crippen molar-refractivity contribution in [2.75, 3.05) is 14.2 Å². The lowest BCUT2D eigenvalue weighted by atomic mass is 10.0. The summed E-state index contributed by atoms with van der Waals surface area (Å²) in [6.45, 7) is 5.19. The number of hydrogen-bond acceptors (Lipinski definition) is 4. The number of ether oxygens (including phenoxy) is 2. The molecule has 0 aromatic heterocycles. The Labute approximate surface area is 124 Å². The maximum Gasteiger partial charge on any atom is 0.224 e. The maximum atomic E-state index is 14.1. The Morgan fingerprint density at radius 1 is 1.19 bits per heavy atom. The van der Waals surface area contributed by atoms with Gasteiger partial charge in [-0.05, 0) is 19.9 Å². The molecule has 1 rings (SSSR count). The molecule has 5 nitrogen and oxygen atoms in total. The SMILES string of the molecule is COc1cc(F)c(C(C)NC(=O)C(C)C(C)N)cc1OC. The summed E-state index contributed by atoms with van der Waals surface area (Å²) in [5.41, 5.74) is 6.02. The number of hydrogen-bond donors (Lipinski definition) is 2. The smallest absolute Gasteiger partial charge is 0.224 e. The second-order valence-electron chi connectivity index (χ2n) is 5.11. The van der Waals surface area contributed by atoms with Crippen LogP contribution in [0, 0.1) is 11.7 Å². The summed E-state index contributed by atoms with van der Waals surface area (Å²) in [5.74, 6) is -0.312. The third-order valence-electron chi connectivity index (χ3n) is 3.53. The lowest BCUT2D eigenvalue weighted by Crippen LogP contribution is -2.39. The minimum absolute atomic E-state index is 0.216. The lowest BCUT2D eigenvalue weighted by molar-refractivity contribution is -0.125. The summed E-state index contributed by atoms with van der Waals surface area (Å²) in [4.78, 5) is 12.0. The van der Waals surface area contributed by atoms with E-state index in [-0.39, 0.29) is 17.9 Å². The Morgan fingerprint density at radius 2 is 1.71 bits per heavy atom. The predicted octanol–water partition coefficient (Wildman–Crippen LogP) is 2.00. The zero-order valence-corrected chi connectivity index (χ0v) is 13.1. The van der Waals surface area contributed by atoms with Crippen LogP contribution in [0.25, 0.3) is 0 Å². The van der Waals surface area contributed by atoms with Gasteiger partial charge in [0.15, 0.2) is 11.5 Å². The Balaban J connectivity index is 2.97. The fourth-order valence-electron chi connectivity index (χ4n) is 1.86. The van der Waals surface area contributed by atoms with Crippen LogP contribution in [-0.4, -0.2) is 26.2 Å². The van der Waals surface area contributed by atoms with E-state index in [1.807, 2.05) is 0 Å². The summed E-state index contributed by atoms with van der Waals surface area (Å²) in [6.07, 6.45) is 0. The predicted molar refractivity (Wildman–Crippen MR) is 78.9 cm³/mol. The van der Waals surface area contributed by atoms with Crippen LogP contribution in [0.15, 0.2) is 12.1 Å². The molecule has 1 aromatic carbocycles. The van der Waals surface area contributed by atoms with E-state index in [2.05, 4.69) is 5.32 Å². The molecular weight excluding hydrogens is 275 g/mol. The maximum absolute atomic E-state index is 14.1. The highest BCUT2D eigenvalue weighted by atomic mass is 19.1. The summed E-state index contributed by atoms with van der Waals surface area (Å²) < 4.78 is 24.3. The third kappa shape index (κ3) is 4.07. The number of halogens is 1. The molecule has 0 spiro atoms. The van der Waals surface area contributed by atoms with Crippen molar-refractivity contribution in [1.82, 2.24) is 5.32 Å². The minimum atomic E-state index is -0.501. The van der Waals surface area contributed by atoms with Gasteiger partial charge in [0, 0.05) is 23.6 Å². The second kappa shape index (κ2) is 7.26. The topological polar surface area (TPSA) is 73.6 Å². The van der Waals surface area contributed by atoms with Gasteiger partial charge in [-0.3, -0.25) is 4.79 Å². The van der Waals surface area contributed by atoms with Gasteiger partial charge in [-0.1, -0.05) is 6.92 Å². The van der Waals surface area contributed by atoms with Crippen LogP contribution >= 0.6 is 0 Å². The van der Waals surface area contributed by atoms with Crippen LogP contribution < -0.4 is 20.5 Å². The van der Waals surface area contributed by atoms with Crippen LogP contribution in [0.2, 0.25) is 0 Å². The van der Waals surface area contributed by atoms with Crippen molar-refractivity contribution in [3.63, 3.8) is 0 Å². The van der Waals surface area contributed by atoms with Crippen molar-refractivity contribution in [2.45, 2.75) is 32.9 Å². The largest absolute Gasteiger partial charge is 0.493 e. The molecule has 3 unspecified atom stereocenters. The number of benzene rings is 1. The normalized spacial score (nSPS) is 15.0. The molecule has 3 atom stereocenters. The first-order valence-electron chi connectivity index (χ1n) is 6.79. The van der Waals surface area contributed by atoms with E-state index < -0.39 is 11.9 Å². The first-order valence-corrected chi connectivity index (χ1v) is 6.79. The second-order valence-corrected chi connectivity index (χ2v) is 5.11. The molecule has 0 radical (unpaired) electrons. The summed E-state index contributed by atoms with van der Waals surface area (Å²) in [5, 5.41) is 2.75. The fourth-order valence-corrected chi connectivity index (χ4v) is 1.86. The first kappa shape index (κ1) is 17.2. The Morgan fingerprint density at radius 3 is 2.19 bits per heavy atom. The van der Waals surface area contributed by atoms with Gasteiger partial charge in [-0.25, -0.2) is 4.39 Å². The molecule has 118 valence electrons. The standard InChI is InChI=1S/C15H23FN2O3/c1-8(9(2)17)15(19)18-10(3)11-6-13(20-4)14(21-5)7-12(11)16/h6-10H,17H2,1-5H3,(H,18,19). The van der Waals surface area contributed by atoms with Crippen LogP contribution in [-0.2, 0) is 4.79 Å². The zero-order chi connectivity index (χ0) is 16.2. The molecule has 3 N–H and O–H groups in total. The van der Waals surface area contributed by atoms with Gasteiger partial charge in [0.2, 0.25) is 5.91 Å². The van der Waals surface area contributed by atoms with Crippen molar-refractivity contribution in [1.29, 1.82) is 0 Å². The molecule has 1 amide bonds. The molecule has 0 saturated heterocycles. The number of nitrogens with two attached hydrogens (primary N) is 1. The molecule has 1 aromatic rings. The van der Waals surface area contributed by atoms with Crippen LogP contribution in [0.1, 0.15) is 32.4 Å². The van der Waals surface area contributed by atoms with E-state index in [0.29, 0.717) is 17.1 Å². The average molecular weight is 298 g/mol. The zero-order valence-electron chi connectivity index (χ0n) is 13.1. The molecule has 0 saturated carbocycles. The van der Waals surface area contributed by atoms with Crippen molar-refractivity contribution >= 4 is 5.91 Å². The van der Waals surface area contributed by atoms with E-state index in [4.69, 9.17) is 15.2 Å². The molecule has 0 fully saturated rings. The molecule has 21 heavy (non-hydrogen) atoms. The Hall–Kier alpha value is -1.82. The van der Waals surface area contributed by atoms with Gasteiger partial charge in [0.25, 0.3) is 0 Å². The van der Waals surface area contributed by atoms with Crippen molar-refractivity contribution in [2.24, 2.45) is 11.7 Å². The fraction of sp³-hybridized carbons (Fsp3) is 0.533. The van der Waals surface area contributed by atoms with E-state index in [1.54, 1.807) is 20.8 Å². The number of nitrogens with one attached hydrogen (secondary N) is 1. The Kier molecular flexibility index (Phi) is 5.96.